The lowest BCUT2D eigenvalue weighted by molar-refractivity contribution is -0.107. The SMILES string of the molecule is C=CC(=O)[P+](=O)c1cc(OC)c(OC)c(OC)c1OC. The van der Waals surface area contributed by atoms with E-state index in [0.717, 1.165) is 6.08 Å². The second-order valence-corrected chi connectivity index (χ2v) is 5.05. The fraction of sp³-hybridized carbons (Fsp3) is 0.308. The van der Waals surface area contributed by atoms with Crippen LogP contribution < -0.4 is 24.3 Å². The zero-order chi connectivity index (χ0) is 15.3. The van der Waals surface area contributed by atoms with Crippen molar-refractivity contribution in [3.8, 4) is 23.0 Å². The molecule has 0 bridgehead atoms. The summed E-state index contributed by atoms with van der Waals surface area (Å²) in [5, 5.41) is 0.168. The van der Waals surface area contributed by atoms with E-state index in [2.05, 4.69) is 6.58 Å². The highest BCUT2D eigenvalue weighted by molar-refractivity contribution is 7.71. The maximum absolute atomic E-state index is 12.2. The highest BCUT2D eigenvalue weighted by Gasteiger charge is 2.37. The van der Waals surface area contributed by atoms with E-state index in [1.807, 2.05) is 0 Å². The molecule has 0 aromatic heterocycles. The molecule has 108 valence electrons. The smallest absolute Gasteiger partial charge is 0.462 e. The minimum absolute atomic E-state index is 0.168. The summed E-state index contributed by atoms with van der Waals surface area (Å²) in [5.41, 5.74) is -0.604. The van der Waals surface area contributed by atoms with Gasteiger partial charge in [-0.3, -0.25) is 0 Å². The molecule has 7 heteroatoms. The van der Waals surface area contributed by atoms with Gasteiger partial charge in [0.25, 0.3) is 0 Å². The van der Waals surface area contributed by atoms with Crippen molar-refractivity contribution >= 4 is 18.6 Å². The van der Waals surface area contributed by atoms with Crippen LogP contribution in [0.15, 0.2) is 18.7 Å². The van der Waals surface area contributed by atoms with Crippen molar-refractivity contribution in [2.45, 2.75) is 0 Å². The van der Waals surface area contributed by atoms with Gasteiger partial charge in [-0.1, -0.05) is 11.1 Å². The van der Waals surface area contributed by atoms with Crippen LogP contribution in [0, 0.1) is 0 Å². The molecule has 1 aromatic rings. The summed E-state index contributed by atoms with van der Waals surface area (Å²) in [7, 11) is 3.29. The van der Waals surface area contributed by atoms with Crippen molar-refractivity contribution in [3.05, 3.63) is 18.7 Å². The summed E-state index contributed by atoms with van der Waals surface area (Å²) >= 11 is 0. The standard InChI is InChI=1S/C13H16O6P/c1-6-10(14)20(15)9-7-8(16-2)11(17-3)13(19-5)12(9)18-4/h6-7H,1H2,2-5H3/q+1. The Morgan fingerprint density at radius 2 is 1.60 bits per heavy atom. The van der Waals surface area contributed by atoms with Gasteiger partial charge in [0.15, 0.2) is 5.75 Å². The molecule has 0 saturated heterocycles. The van der Waals surface area contributed by atoms with Gasteiger partial charge >= 0.3 is 13.3 Å². The predicted octanol–water partition coefficient (Wildman–Crippen LogP) is 1.89. The molecule has 0 saturated carbocycles. The second-order valence-electron chi connectivity index (χ2n) is 3.53. The first-order valence-electron chi connectivity index (χ1n) is 5.56. The van der Waals surface area contributed by atoms with Gasteiger partial charge in [0, 0.05) is 12.1 Å². The molecule has 0 aliphatic carbocycles. The van der Waals surface area contributed by atoms with E-state index >= 15 is 0 Å². The van der Waals surface area contributed by atoms with Crippen LogP contribution in [0.3, 0.4) is 0 Å². The van der Waals surface area contributed by atoms with Crippen LogP contribution in [0.5, 0.6) is 23.0 Å². The van der Waals surface area contributed by atoms with Gasteiger partial charge in [0.2, 0.25) is 22.6 Å². The number of hydrogen-bond donors (Lipinski definition) is 0. The van der Waals surface area contributed by atoms with E-state index in [1.165, 1.54) is 34.5 Å². The molecule has 0 spiro atoms. The number of carbonyl (C=O) groups is 1. The molecule has 0 N–H and O–H groups in total. The van der Waals surface area contributed by atoms with Crippen LogP contribution in [-0.2, 0) is 9.36 Å². The van der Waals surface area contributed by atoms with Crippen molar-refractivity contribution in [2.75, 3.05) is 28.4 Å². The molecule has 1 unspecified atom stereocenters. The Kier molecular flexibility index (Phi) is 5.53. The largest absolute Gasteiger partial charge is 0.493 e. The number of carbonyl (C=O) groups excluding carboxylic acids is 1. The minimum atomic E-state index is -2.37. The Bertz CT molecular complexity index is 552. The van der Waals surface area contributed by atoms with Gasteiger partial charge in [0.05, 0.1) is 28.4 Å². The molecule has 0 aliphatic heterocycles. The van der Waals surface area contributed by atoms with E-state index in [4.69, 9.17) is 18.9 Å². The average molecular weight is 299 g/mol. The van der Waals surface area contributed by atoms with Gasteiger partial charge < -0.3 is 18.9 Å². The highest BCUT2D eigenvalue weighted by atomic mass is 31.1. The van der Waals surface area contributed by atoms with Crippen molar-refractivity contribution in [2.24, 2.45) is 0 Å². The highest BCUT2D eigenvalue weighted by Crippen LogP contribution is 2.46. The molecule has 0 aliphatic rings. The van der Waals surface area contributed by atoms with Gasteiger partial charge in [-0.2, -0.15) is 0 Å². The first kappa shape index (κ1) is 16.0. The fourth-order valence-corrected chi connectivity index (χ4v) is 2.68. The minimum Gasteiger partial charge on any atom is -0.493 e. The van der Waals surface area contributed by atoms with E-state index in [0.29, 0.717) is 11.5 Å². The van der Waals surface area contributed by atoms with Crippen LogP contribution in [0.4, 0.5) is 0 Å². The van der Waals surface area contributed by atoms with Crippen LogP contribution in [0.1, 0.15) is 0 Å². The maximum Gasteiger partial charge on any atom is 0.462 e. The Balaban J connectivity index is 3.63. The Morgan fingerprint density at radius 1 is 1.05 bits per heavy atom. The summed E-state index contributed by atoms with van der Waals surface area (Å²) in [6.45, 7) is 3.32. The van der Waals surface area contributed by atoms with E-state index in [9.17, 15) is 9.36 Å². The molecular formula is C13H16O6P+. The monoisotopic (exact) mass is 299 g/mol. The van der Waals surface area contributed by atoms with Crippen molar-refractivity contribution < 1.29 is 28.3 Å². The Morgan fingerprint density at radius 3 is 2.00 bits per heavy atom. The molecule has 0 amide bonds. The van der Waals surface area contributed by atoms with Crippen molar-refractivity contribution in [1.29, 1.82) is 0 Å². The van der Waals surface area contributed by atoms with Crippen LogP contribution >= 0.6 is 7.80 Å². The molecular weight excluding hydrogens is 283 g/mol. The molecule has 0 heterocycles. The third-order valence-corrected chi connectivity index (χ3v) is 3.92. The topological polar surface area (TPSA) is 71.1 Å². The van der Waals surface area contributed by atoms with E-state index in [-0.39, 0.29) is 16.8 Å². The summed E-state index contributed by atoms with van der Waals surface area (Å²) in [5.74, 6) is 0.969. The lowest BCUT2D eigenvalue weighted by Crippen LogP contribution is -2.10. The fourth-order valence-electron chi connectivity index (χ4n) is 1.67. The number of allylic oxidation sites excluding steroid dienone is 1. The average Bonchev–Trinajstić information content (AvgIpc) is 2.50. The van der Waals surface area contributed by atoms with Crippen LogP contribution in [-0.4, -0.2) is 34.0 Å². The lowest BCUT2D eigenvalue weighted by atomic mass is 10.2. The van der Waals surface area contributed by atoms with Gasteiger partial charge in [-0.15, -0.1) is 0 Å². The van der Waals surface area contributed by atoms with Crippen LogP contribution in [0.2, 0.25) is 0 Å². The Labute approximate surface area is 118 Å². The number of methoxy groups -OCH3 is 4. The molecule has 0 radical (unpaired) electrons. The predicted molar refractivity (Wildman–Crippen MR) is 75.1 cm³/mol. The number of ether oxygens (including phenoxy) is 4. The van der Waals surface area contributed by atoms with Gasteiger partial charge in [0.1, 0.15) is 0 Å². The molecule has 20 heavy (non-hydrogen) atoms. The van der Waals surface area contributed by atoms with E-state index < -0.39 is 13.3 Å². The van der Waals surface area contributed by atoms with Gasteiger partial charge in [-0.05, 0) is 0 Å². The maximum atomic E-state index is 12.2. The van der Waals surface area contributed by atoms with Crippen molar-refractivity contribution in [1.82, 2.24) is 0 Å². The zero-order valence-electron chi connectivity index (χ0n) is 11.8. The molecule has 6 nitrogen and oxygen atoms in total. The first-order chi connectivity index (χ1) is 9.55. The molecule has 1 aromatic carbocycles. The van der Waals surface area contributed by atoms with Gasteiger partial charge in [-0.25, -0.2) is 4.79 Å². The second kappa shape index (κ2) is 6.91. The quantitative estimate of drug-likeness (QED) is 0.565. The Hall–Kier alpha value is -2.07. The molecule has 1 atom stereocenters. The summed E-state index contributed by atoms with van der Waals surface area (Å²) in [6.07, 6.45) is 1.00. The lowest BCUT2D eigenvalue weighted by Gasteiger charge is -2.14. The summed E-state index contributed by atoms with van der Waals surface area (Å²) < 4.78 is 32.9. The third-order valence-electron chi connectivity index (χ3n) is 2.56. The molecule has 0 fully saturated rings. The summed E-state index contributed by atoms with van der Waals surface area (Å²) in [6, 6.07) is 1.43. The number of hydrogen-bond acceptors (Lipinski definition) is 6. The van der Waals surface area contributed by atoms with E-state index in [1.54, 1.807) is 0 Å². The zero-order valence-corrected chi connectivity index (χ0v) is 12.7. The number of benzene rings is 1. The van der Waals surface area contributed by atoms with Crippen molar-refractivity contribution in [3.63, 3.8) is 0 Å². The first-order valence-corrected chi connectivity index (χ1v) is 6.82. The third kappa shape index (κ3) is 2.75. The normalized spacial score (nSPS) is 10.5. The molecule has 1 rings (SSSR count). The number of rotatable bonds is 7. The van der Waals surface area contributed by atoms with Crippen LogP contribution in [0.25, 0.3) is 0 Å². The summed E-state index contributed by atoms with van der Waals surface area (Å²) in [4.78, 5) is 11.6.